The summed E-state index contributed by atoms with van der Waals surface area (Å²) in [4.78, 5) is 12.0. The molecule has 0 saturated carbocycles. The Labute approximate surface area is 97.1 Å². The highest BCUT2D eigenvalue weighted by molar-refractivity contribution is 5.81. The highest BCUT2D eigenvalue weighted by Gasteiger charge is 2.33. The van der Waals surface area contributed by atoms with E-state index in [9.17, 15) is 4.79 Å². The topological polar surface area (TPSA) is 29.1 Å². The van der Waals surface area contributed by atoms with Gasteiger partial charge in [0.05, 0.1) is 0 Å². The Balaban J connectivity index is 2.09. The number of carbonyl (C=O) groups is 1. The number of rotatable bonds is 3. The van der Waals surface area contributed by atoms with Crippen LogP contribution in [0.2, 0.25) is 0 Å². The second kappa shape index (κ2) is 4.69. The Morgan fingerprint density at radius 2 is 2.19 bits per heavy atom. The minimum absolute atomic E-state index is 0.129. The summed E-state index contributed by atoms with van der Waals surface area (Å²) in [6.07, 6.45) is 1.90. The van der Waals surface area contributed by atoms with E-state index in [1.54, 1.807) is 0 Å². The molecule has 0 fully saturated rings. The van der Waals surface area contributed by atoms with Crippen LogP contribution >= 0.6 is 0 Å². The molecule has 86 valence electrons. The van der Waals surface area contributed by atoms with Crippen molar-refractivity contribution in [2.45, 2.75) is 32.6 Å². The maximum Gasteiger partial charge on any atom is 0.224 e. The number of benzene rings is 1. The molecule has 1 N–H and O–H groups in total. The standard InChI is InChI=1S/C14H19NO/c1-3-8-15-14(16)13-9-11-6-4-5-7-12(11)10(13)2/h4-7,10,13H,3,8-9H2,1-2H3,(H,15,16)/t10-,13-/m0/s1. The Morgan fingerprint density at radius 3 is 2.88 bits per heavy atom. The number of hydrogen-bond acceptors (Lipinski definition) is 1. The SMILES string of the molecule is CCCNC(=O)[C@H]1Cc2ccccc2[C@@H]1C. The summed E-state index contributed by atoms with van der Waals surface area (Å²) in [5.41, 5.74) is 2.69. The molecule has 1 aromatic carbocycles. The normalized spacial score (nSPS) is 22.9. The van der Waals surface area contributed by atoms with Gasteiger partial charge in [-0.2, -0.15) is 0 Å². The van der Waals surface area contributed by atoms with Gasteiger partial charge >= 0.3 is 0 Å². The molecule has 2 rings (SSSR count). The maximum absolute atomic E-state index is 12.0. The largest absolute Gasteiger partial charge is 0.356 e. The van der Waals surface area contributed by atoms with Gasteiger partial charge in [0.1, 0.15) is 0 Å². The van der Waals surface area contributed by atoms with E-state index in [2.05, 4.69) is 43.4 Å². The third-order valence-corrected chi connectivity index (χ3v) is 3.48. The zero-order chi connectivity index (χ0) is 11.5. The van der Waals surface area contributed by atoms with E-state index >= 15 is 0 Å². The zero-order valence-corrected chi connectivity index (χ0v) is 9.99. The summed E-state index contributed by atoms with van der Waals surface area (Å²) in [6.45, 7) is 5.02. The van der Waals surface area contributed by atoms with Crippen LogP contribution in [0.5, 0.6) is 0 Å². The summed E-state index contributed by atoms with van der Waals surface area (Å²) in [7, 11) is 0. The molecule has 1 aromatic rings. The van der Waals surface area contributed by atoms with Crippen molar-refractivity contribution in [1.82, 2.24) is 5.32 Å². The van der Waals surface area contributed by atoms with E-state index < -0.39 is 0 Å². The second-order valence-corrected chi connectivity index (χ2v) is 4.59. The van der Waals surface area contributed by atoms with Gasteiger partial charge < -0.3 is 5.32 Å². The Hall–Kier alpha value is -1.31. The van der Waals surface area contributed by atoms with Crippen LogP contribution in [0.4, 0.5) is 0 Å². The average molecular weight is 217 g/mol. The first-order chi connectivity index (χ1) is 7.74. The van der Waals surface area contributed by atoms with Gasteiger partial charge in [-0.3, -0.25) is 4.79 Å². The molecule has 0 saturated heterocycles. The summed E-state index contributed by atoms with van der Waals surface area (Å²) in [5.74, 6) is 0.697. The monoisotopic (exact) mass is 217 g/mol. The molecule has 1 aliphatic rings. The first-order valence-electron chi connectivity index (χ1n) is 6.09. The Bertz CT molecular complexity index is 386. The molecule has 0 unspecified atom stereocenters. The van der Waals surface area contributed by atoms with E-state index in [1.807, 2.05) is 0 Å². The van der Waals surface area contributed by atoms with Crippen LogP contribution in [0.15, 0.2) is 24.3 Å². The highest BCUT2D eigenvalue weighted by Crippen LogP contribution is 2.37. The lowest BCUT2D eigenvalue weighted by Gasteiger charge is -2.15. The molecule has 1 amide bonds. The van der Waals surface area contributed by atoms with Crippen LogP contribution in [0, 0.1) is 5.92 Å². The molecule has 1 aliphatic carbocycles. The predicted octanol–water partition coefficient (Wildman–Crippen LogP) is 2.49. The number of nitrogens with one attached hydrogen (secondary N) is 1. The van der Waals surface area contributed by atoms with Crippen molar-refractivity contribution < 1.29 is 4.79 Å². The summed E-state index contributed by atoms with van der Waals surface area (Å²) < 4.78 is 0. The van der Waals surface area contributed by atoms with Crippen LogP contribution in [0.25, 0.3) is 0 Å². The fourth-order valence-electron chi connectivity index (χ4n) is 2.49. The maximum atomic E-state index is 12.0. The van der Waals surface area contributed by atoms with Crippen LogP contribution in [0.3, 0.4) is 0 Å². The minimum atomic E-state index is 0.129. The molecular weight excluding hydrogens is 198 g/mol. The molecule has 0 heterocycles. The van der Waals surface area contributed by atoms with Crippen molar-refractivity contribution in [2.24, 2.45) is 5.92 Å². The van der Waals surface area contributed by atoms with E-state index in [0.29, 0.717) is 5.92 Å². The third-order valence-electron chi connectivity index (χ3n) is 3.48. The lowest BCUT2D eigenvalue weighted by molar-refractivity contribution is -0.125. The van der Waals surface area contributed by atoms with Gasteiger partial charge in [0.25, 0.3) is 0 Å². The van der Waals surface area contributed by atoms with Crippen LogP contribution in [-0.2, 0) is 11.2 Å². The molecular formula is C14H19NO. The smallest absolute Gasteiger partial charge is 0.224 e. The van der Waals surface area contributed by atoms with Gasteiger partial charge in [0.2, 0.25) is 5.91 Å². The summed E-state index contributed by atoms with van der Waals surface area (Å²) in [5, 5.41) is 3.00. The van der Waals surface area contributed by atoms with E-state index in [-0.39, 0.29) is 11.8 Å². The van der Waals surface area contributed by atoms with E-state index in [4.69, 9.17) is 0 Å². The zero-order valence-electron chi connectivity index (χ0n) is 9.99. The number of fused-ring (bicyclic) bond motifs is 1. The van der Waals surface area contributed by atoms with Crippen LogP contribution < -0.4 is 5.32 Å². The minimum Gasteiger partial charge on any atom is -0.356 e. The molecule has 2 heteroatoms. The molecule has 0 aromatic heterocycles. The predicted molar refractivity (Wildman–Crippen MR) is 65.4 cm³/mol. The number of amides is 1. The van der Waals surface area contributed by atoms with Crippen molar-refractivity contribution in [1.29, 1.82) is 0 Å². The summed E-state index contributed by atoms with van der Waals surface area (Å²) >= 11 is 0. The quantitative estimate of drug-likeness (QED) is 0.828. The molecule has 2 atom stereocenters. The first kappa shape index (κ1) is 11.2. The van der Waals surface area contributed by atoms with Gasteiger partial charge in [-0.1, -0.05) is 38.1 Å². The second-order valence-electron chi connectivity index (χ2n) is 4.59. The van der Waals surface area contributed by atoms with Gasteiger partial charge in [0, 0.05) is 12.5 Å². The van der Waals surface area contributed by atoms with Crippen molar-refractivity contribution in [3.05, 3.63) is 35.4 Å². The van der Waals surface area contributed by atoms with Crippen molar-refractivity contribution in [2.75, 3.05) is 6.54 Å². The van der Waals surface area contributed by atoms with E-state index in [1.165, 1.54) is 11.1 Å². The average Bonchev–Trinajstić information content (AvgIpc) is 2.64. The molecule has 0 radical (unpaired) electrons. The molecule has 2 nitrogen and oxygen atoms in total. The number of carbonyl (C=O) groups excluding carboxylic acids is 1. The summed E-state index contributed by atoms with van der Waals surface area (Å²) in [6, 6.07) is 8.39. The fourth-order valence-corrected chi connectivity index (χ4v) is 2.49. The third kappa shape index (κ3) is 1.97. The van der Waals surface area contributed by atoms with Gasteiger partial charge in [-0.25, -0.2) is 0 Å². The van der Waals surface area contributed by atoms with Crippen molar-refractivity contribution >= 4 is 5.91 Å². The molecule has 0 bridgehead atoms. The Kier molecular flexibility index (Phi) is 3.28. The Morgan fingerprint density at radius 1 is 1.44 bits per heavy atom. The first-order valence-corrected chi connectivity index (χ1v) is 6.09. The van der Waals surface area contributed by atoms with Gasteiger partial charge in [0.15, 0.2) is 0 Å². The van der Waals surface area contributed by atoms with Crippen LogP contribution in [-0.4, -0.2) is 12.5 Å². The lowest BCUT2D eigenvalue weighted by Crippen LogP contribution is -2.32. The van der Waals surface area contributed by atoms with Crippen LogP contribution in [0.1, 0.15) is 37.3 Å². The molecule has 0 spiro atoms. The highest BCUT2D eigenvalue weighted by atomic mass is 16.1. The molecule has 0 aliphatic heterocycles. The lowest BCUT2D eigenvalue weighted by atomic mass is 9.94. The van der Waals surface area contributed by atoms with Crippen molar-refractivity contribution in [3.63, 3.8) is 0 Å². The van der Waals surface area contributed by atoms with Crippen molar-refractivity contribution in [3.8, 4) is 0 Å². The molecule has 16 heavy (non-hydrogen) atoms. The van der Waals surface area contributed by atoms with Gasteiger partial charge in [-0.05, 0) is 29.9 Å². The van der Waals surface area contributed by atoms with E-state index in [0.717, 1.165) is 19.4 Å². The number of hydrogen-bond donors (Lipinski definition) is 1. The fraction of sp³-hybridized carbons (Fsp3) is 0.500. The van der Waals surface area contributed by atoms with Gasteiger partial charge in [-0.15, -0.1) is 0 Å².